The Hall–Kier alpha value is -2.64. The van der Waals surface area contributed by atoms with E-state index in [9.17, 15) is 9.90 Å². The second-order valence-corrected chi connectivity index (χ2v) is 6.97. The van der Waals surface area contributed by atoms with Crippen LogP contribution in [0.5, 0.6) is 5.75 Å². The third-order valence-electron chi connectivity index (χ3n) is 3.84. The average Bonchev–Trinajstić information content (AvgIpc) is 2.93. The summed E-state index contributed by atoms with van der Waals surface area (Å²) < 4.78 is 2.44. The lowest BCUT2D eigenvalue weighted by Crippen LogP contribution is -2.38. The van der Waals surface area contributed by atoms with Crippen LogP contribution < -0.4 is 10.6 Å². The van der Waals surface area contributed by atoms with Crippen LogP contribution in [0.25, 0.3) is 5.69 Å². The van der Waals surface area contributed by atoms with Gasteiger partial charge in [0, 0.05) is 11.3 Å². The highest BCUT2D eigenvalue weighted by atomic mass is 32.1. The first kappa shape index (κ1) is 14.9. The highest BCUT2D eigenvalue weighted by molar-refractivity contribution is 7.73. The average molecular weight is 355 g/mol. The minimum absolute atomic E-state index is 0.124. The van der Waals surface area contributed by atoms with E-state index in [0.717, 1.165) is 5.69 Å². The van der Waals surface area contributed by atoms with E-state index in [1.165, 1.54) is 11.3 Å². The van der Waals surface area contributed by atoms with Crippen LogP contribution in [0.15, 0.2) is 54.6 Å². The molecule has 7 heteroatoms. The molecule has 1 atom stereocenters. The van der Waals surface area contributed by atoms with Gasteiger partial charge in [0.2, 0.25) is 0 Å². The number of rotatable bonds is 2. The second kappa shape index (κ2) is 5.77. The van der Waals surface area contributed by atoms with Crippen molar-refractivity contribution in [3.8, 4) is 11.4 Å². The molecular formula is C17H13N3O2S2. The van der Waals surface area contributed by atoms with E-state index in [0.29, 0.717) is 20.2 Å². The first-order valence-corrected chi connectivity index (χ1v) is 8.54. The predicted molar refractivity (Wildman–Crippen MR) is 96.4 cm³/mol. The van der Waals surface area contributed by atoms with Crippen molar-refractivity contribution in [2.45, 2.75) is 6.17 Å². The van der Waals surface area contributed by atoms with Crippen molar-refractivity contribution in [1.29, 1.82) is 0 Å². The molecule has 3 N–H and O–H groups in total. The zero-order valence-electron chi connectivity index (χ0n) is 12.4. The summed E-state index contributed by atoms with van der Waals surface area (Å²) in [5.74, 6) is 0.565. The van der Waals surface area contributed by atoms with Gasteiger partial charge in [0.1, 0.15) is 22.6 Å². The van der Waals surface area contributed by atoms with Crippen molar-refractivity contribution in [2.75, 3.05) is 5.32 Å². The summed E-state index contributed by atoms with van der Waals surface area (Å²) in [5, 5.41) is 16.2. The number of phenols is 1. The first-order valence-electron chi connectivity index (χ1n) is 7.31. The van der Waals surface area contributed by atoms with E-state index in [2.05, 4.69) is 10.6 Å². The Balaban J connectivity index is 1.84. The van der Waals surface area contributed by atoms with Crippen LogP contribution in [0, 0.1) is 3.95 Å². The molecule has 0 spiro atoms. The van der Waals surface area contributed by atoms with Gasteiger partial charge in [-0.2, -0.15) is 0 Å². The molecule has 4 rings (SSSR count). The number of aromatic nitrogens is 1. The van der Waals surface area contributed by atoms with Crippen LogP contribution in [0.1, 0.15) is 21.4 Å². The van der Waals surface area contributed by atoms with Gasteiger partial charge in [-0.15, -0.1) is 0 Å². The van der Waals surface area contributed by atoms with Gasteiger partial charge in [0.25, 0.3) is 5.91 Å². The van der Waals surface area contributed by atoms with E-state index in [1.54, 1.807) is 18.2 Å². The molecule has 1 aliphatic heterocycles. The number of benzene rings is 2. The summed E-state index contributed by atoms with van der Waals surface area (Å²) in [4.78, 5) is 13.0. The third kappa shape index (κ3) is 2.38. The highest BCUT2D eigenvalue weighted by Crippen LogP contribution is 2.35. The number of nitrogens with one attached hydrogen (secondary N) is 2. The summed E-state index contributed by atoms with van der Waals surface area (Å²) in [6, 6.07) is 16.6. The van der Waals surface area contributed by atoms with Gasteiger partial charge in [-0.3, -0.25) is 9.36 Å². The quantitative estimate of drug-likeness (QED) is 0.611. The molecular weight excluding hydrogens is 342 g/mol. The van der Waals surface area contributed by atoms with Crippen molar-refractivity contribution in [2.24, 2.45) is 0 Å². The maximum atomic E-state index is 12.5. The minimum Gasteiger partial charge on any atom is -0.508 e. The maximum absolute atomic E-state index is 12.5. The molecule has 0 bridgehead atoms. The Morgan fingerprint density at radius 1 is 1.04 bits per heavy atom. The zero-order valence-corrected chi connectivity index (χ0v) is 14.0. The number of hydrogen-bond acceptors (Lipinski definition) is 5. The Morgan fingerprint density at radius 3 is 2.50 bits per heavy atom. The van der Waals surface area contributed by atoms with Gasteiger partial charge in [-0.05, 0) is 30.4 Å². The topological polar surface area (TPSA) is 66.3 Å². The normalized spacial score (nSPS) is 16.2. The number of phenolic OH excluding ortho intramolecular Hbond substituents is 1. The van der Waals surface area contributed by atoms with Gasteiger partial charge in [-0.1, -0.05) is 47.7 Å². The van der Waals surface area contributed by atoms with E-state index >= 15 is 0 Å². The molecule has 3 aromatic rings. The van der Waals surface area contributed by atoms with E-state index in [-0.39, 0.29) is 11.7 Å². The van der Waals surface area contributed by atoms with Gasteiger partial charge in [0.05, 0.1) is 0 Å². The van der Waals surface area contributed by atoms with Gasteiger partial charge in [0.15, 0.2) is 3.95 Å². The zero-order chi connectivity index (χ0) is 16.7. The maximum Gasteiger partial charge on any atom is 0.267 e. The van der Waals surface area contributed by atoms with Crippen LogP contribution in [0.2, 0.25) is 0 Å². The third-order valence-corrected chi connectivity index (χ3v) is 5.21. The molecule has 1 aliphatic rings. The first-order chi connectivity index (χ1) is 11.6. The van der Waals surface area contributed by atoms with E-state index in [4.69, 9.17) is 12.2 Å². The summed E-state index contributed by atoms with van der Waals surface area (Å²) in [6.45, 7) is 0. The monoisotopic (exact) mass is 355 g/mol. The number of para-hydroxylation sites is 2. The molecule has 1 amide bonds. The number of carbonyl (C=O) groups excluding carboxylic acids is 1. The number of amides is 1. The molecule has 2 heterocycles. The van der Waals surface area contributed by atoms with E-state index in [1.807, 2.05) is 41.0 Å². The number of thiazole rings is 1. The van der Waals surface area contributed by atoms with Gasteiger partial charge >= 0.3 is 0 Å². The molecule has 0 radical (unpaired) electrons. The summed E-state index contributed by atoms with van der Waals surface area (Å²) in [6.07, 6.45) is -0.523. The number of fused-ring (bicyclic) bond motifs is 1. The molecule has 0 unspecified atom stereocenters. The van der Waals surface area contributed by atoms with Crippen LogP contribution in [-0.4, -0.2) is 15.6 Å². The number of carbonyl (C=O) groups is 1. The molecule has 5 nitrogen and oxygen atoms in total. The largest absolute Gasteiger partial charge is 0.508 e. The van der Waals surface area contributed by atoms with Crippen molar-refractivity contribution in [3.05, 3.63) is 69.0 Å². The van der Waals surface area contributed by atoms with Crippen LogP contribution in [0.3, 0.4) is 0 Å². The number of hydrogen-bond donors (Lipinski definition) is 3. The second-order valence-electron chi connectivity index (χ2n) is 5.33. The molecule has 0 saturated carbocycles. The van der Waals surface area contributed by atoms with Crippen LogP contribution in [0.4, 0.5) is 5.82 Å². The van der Waals surface area contributed by atoms with E-state index < -0.39 is 6.17 Å². The lowest BCUT2D eigenvalue weighted by molar-refractivity contribution is 0.0939. The molecule has 1 aromatic heterocycles. The van der Waals surface area contributed by atoms with Gasteiger partial charge in [-0.25, -0.2) is 0 Å². The Morgan fingerprint density at radius 2 is 1.75 bits per heavy atom. The Bertz CT molecular complexity index is 979. The standard InChI is InChI=1S/C17H13N3O2S2/c21-12-9-5-4-8-11(12)14-18-15-13(16(22)19-14)24-17(23)20(15)10-6-2-1-3-7-10/h1-9,14,18,21H,(H,19,22)/t14-/m1/s1. The minimum atomic E-state index is -0.523. The highest BCUT2D eigenvalue weighted by Gasteiger charge is 2.30. The Labute approximate surface area is 147 Å². The van der Waals surface area contributed by atoms with Crippen LogP contribution >= 0.6 is 23.6 Å². The fourth-order valence-electron chi connectivity index (χ4n) is 2.73. The van der Waals surface area contributed by atoms with Crippen LogP contribution in [-0.2, 0) is 0 Å². The van der Waals surface area contributed by atoms with Gasteiger partial charge < -0.3 is 15.7 Å². The Kier molecular flexibility index (Phi) is 3.59. The fourth-order valence-corrected chi connectivity index (χ4v) is 4.03. The molecule has 2 aromatic carbocycles. The molecule has 0 saturated heterocycles. The fraction of sp³-hybridized carbons (Fsp3) is 0.0588. The van der Waals surface area contributed by atoms with Crippen molar-refractivity contribution in [1.82, 2.24) is 9.88 Å². The van der Waals surface area contributed by atoms with Crippen molar-refractivity contribution >= 4 is 35.3 Å². The summed E-state index contributed by atoms with van der Waals surface area (Å²) >= 11 is 6.71. The summed E-state index contributed by atoms with van der Waals surface area (Å²) in [7, 11) is 0. The number of nitrogens with zero attached hydrogens (tertiary/aromatic N) is 1. The number of aromatic hydroxyl groups is 1. The van der Waals surface area contributed by atoms with Crippen molar-refractivity contribution in [3.63, 3.8) is 0 Å². The predicted octanol–water partition coefficient (Wildman–Crippen LogP) is 3.83. The lowest BCUT2D eigenvalue weighted by Gasteiger charge is -2.27. The summed E-state index contributed by atoms with van der Waals surface area (Å²) in [5.41, 5.74) is 1.49. The molecule has 120 valence electrons. The van der Waals surface area contributed by atoms with Crippen molar-refractivity contribution < 1.29 is 9.90 Å². The number of anilines is 1. The lowest BCUT2D eigenvalue weighted by atomic mass is 10.1. The molecule has 0 aliphatic carbocycles. The molecule has 24 heavy (non-hydrogen) atoms. The molecule has 0 fully saturated rings. The smallest absolute Gasteiger partial charge is 0.267 e. The SMILES string of the molecule is O=C1N[C@H](c2ccccc2O)Nc2c1sc(=S)n2-c1ccccc1.